The topological polar surface area (TPSA) is 107 Å². The Morgan fingerprint density at radius 1 is 0.971 bits per heavy atom. The molecule has 0 fully saturated rings. The molecule has 2 aromatic carbocycles. The van der Waals surface area contributed by atoms with Gasteiger partial charge in [0.2, 0.25) is 5.91 Å². The molecule has 0 radical (unpaired) electrons. The van der Waals surface area contributed by atoms with Crippen molar-refractivity contribution >= 4 is 28.4 Å². The summed E-state index contributed by atoms with van der Waals surface area (Å²) < 4.78 is 22.3. The summed E-state index contributed by atoms with van der Waals surface area (Å²) in [7, 11) is 4.79. The number of allylic oxidation sites excluding steroid dienone is 1. The third-order valence-electron chi connectivity index (χ3n) is 5.73. The van der Waals surface area contributed by atoms with Crippen molar-refractivity contribution in [3.05, 3.63) is 48.2 Å². The smallest absolute Gasteiger partial charge is 0.303 e. The molecule has 0 aliphatic rings. The van der Waals surface area contributed by atoms with Gasteiger partial charge in [0.25, 0.3) is 0 Å². The van der Waals surface area contributed by atoms with Gasteiger partial charge in [-0.2, -0.15) is 0 Å². The molecule has 8 nitrogen and oxygen atoms in total. The van der Waals surface area contributed by atoms with E-state index in [1.807, 2.05) is 31.2 Å². The van der Waals surface area contributed by atoms with Gasteiger partial charge < -0.3 is 29.1 Å². The zero-order chi connectivity index (χ0) is 25.4. The fraction of sp³-hybridized carbons (Fsp3) is 0.333. The first-order chi connectivity index (χ1) is 16.9. The standard InChI is InChI=1S/C27H31NO7/c1-17(12-26(29)28-11-7-5-6-8-27(30)31)19-14-21-22(16-35-25(21)15-24(19)34-4)20-13-18(32-2)9-10-23(20)33-3/h9-10,12-16H,5-8,11H2,1-4H3,(H,28,29)(H,30,31)/b17-12+. The van der Waals surface area contributed by atoms with E-state index in [2.05, 4.69) is 5.32 Å². The largest absolute Gasteiger partial charge is 0.497 e. The molecule has 0 saturated heterocycles. The SMILES string of the molecule is COc1ccc(OC)c(-c2coc3cc(OC)c(/C(C)=C/C(=O)NCCCCCC(=O)O)cc23)c1. The van der Waals surface area contributed by atoms with E-state index in [0.29, 0.717) is 35.8 Å². The van der Waals surface area contributed by atoms with Crippen molar-refractivity contribution < 1.29 is 33.3 Å². The molecule has 0 spiro atoms. The number of unbranched alkanes of at least 4 members (excludes halogenated alkanes) is 2. The molecule has 8 heteroatoms. The number of furan rings is 1. The van der Waals surface area contributed by atoms with E-state index in [0.717, 1.165) is 40.5 Å². The number of fused-ring (bicyclic) bond motifs is 1. The zero-order valence-corrected chi connectivity index (χ0v) is 20.5. The quantitative estimate of drug-likeness (QED) is 0.267. The lowest BCUT2D eigenvalue weighted by molar-refractivity contribution is -0.137. The first-order valence-electron chi connectivity index (χ1n) is 11.4. The number of hydrogen-bond donors (Lipinski definition) is 2. The van der Waals surface area contributed by atoms with Crippen LogP contribution in [0.2, 0.25) is 0 Å². The van der Waals surface area contributed by atoms with Crippen molar-refractivity contribution in [2.75, 3.05) is 27.9 Å². The number of hydrogen-bond acceptors (Lipinski definition) is 6. The highest BCUT2D eigenvalue weighted by Crippen LogP contribution is 2.41. The predicted molar refractivity (Wildman–Crippen MR) is 134 cm³/mol. The number of amides is 1. The lowest BCUT2D eigenvalue weighted by Gasteiger charge is -2.12. The Balaban J connectivity index is 1.86. The Morgan fingerprint density at radius 2 is 1.74 bits per heavy atom. The Labute approximate surface area is 204 Å². The van der Waals surface area contributed by atoms with Crippen molar-refractivity contribution in [3.8, 4) is 28.4 Å². The summed E-state index contributed by atoms with van der Waals surface area (Å²) in [5, 5.41) is 12.4. The van der Waals surface area contributed by atoms with Crippen LogP contribution in [0.5, 0.6) is 17.2 Å². The Morgan fingerprint density at radius 3 is 2.43 bits per heavy atom. The second-order valence-corrected chi connectivity index (χ2v) is 8.09. The summed E-state index contributed by atoms with van der Waals surface area (Å²) in [6.07, 6.45) is 5.42. The molecule has 0 unspecified atom stereocenters. The molecule has 35 heavy (non-hydrogen) atoms. The van der Waals surface area contributed by atoms with Gasteiger partial charge in [-0.05, 0) is 49.6 Å². The van der Waals surface area contributed by atoms with Crippen LogP contribution < -0.4 is 19.5 Å². The van der Waals surface area contributed by atoms with Gasteiger partial charge in [0.15, 0.2) is 0 Å². The Kier molecular flexibility index (Phi) is 8.78. The van der Waals surface area contributed by atoms with Crippen LogP contribution in [-0.2, 0) is 9.59 Å². The van der Waals surface area contributed by atoms with E-state index in [1.165, 1.54) is 6.08 Å². The number of nitrogens with one attached hydrogen (secondary N) is 1. The summed E-state index contributed by atoms with van der Waals surface area (Å²) >= 11 is 0. The second-order valence-electron chi connectivity index (χ2n) is 8.09. The summed E-state index contributed by atoms with van der Waals surface area (Å²) in [6, 6.07) is 9.31. The molecule has 1 amide bonds. The van der Waals surface area contributed by atoms with Crippen molar-refractivity contribution in [1.82, 2.24) is 5.32 Å². The molecule has 2 N–H and O–H groups in total. The van der Waals surface area contributed by atoms with E-state index in [1.54, 1.807) is 33.7 Å². The number of aliphatic carboxylic acids is 1. The number of carbonyl (C=O) groups excluding carboxylic acids is 1. The van der Waals surface area contributed by atoms with Crippen LogP contribution in [-0.4, -0.2) is 44.9 Å². The zero-order valence-electron chi connectivity index (χ0n) is 20.5. The third-order valence-corrected chi connectivity index (χ3v) is 5.73. The van der Waals surface area contributed by atoms with Crippen LogP contribution in [0.25, 0.3) is 27.7 Å². The Bertz CT molecular complexity index is 1230. The minimum absolute atomic E-state index is 0.146. The number of rotatable bonds is 12. The monoisotopic (exact) mass is 481 g/mol. The number of carboxylic acids is 1. The maximum atomic E-state index is 12.5. The van der Waals surface area contributed by atoms with E-state index in [4.69, 9.17) is 23.7 Å². The molecule has 0 bridgehead atoms. The molecule has 0 aliphatic carbocycles. The summed E-state index contributed by atoms with van der Waals surface area (Å²) in [6.45, 7) is 2.34. The highest BCUT2D eigenvalue weighted by atomic mass is 16.5. The van der Waals surface area contributed by atoms with Crippen molar-refractivity contribution in [2.24, 2.45) is 0 Å². The van der Waals surface area contributed by atoms with Gasteiger partial charge in [0, 0.05) is 47.2 Å². The number of carbonyl (C=O) groups is 2. The van der Waals surface area contributed by atoms with Crippen molar-refractivity contribution in [1.29, 1.82) is 0 Å². The molecule has 0 atom stereocenters. The highest BCUT2D eigenvalue weighted by molar-refractivity contribution is 6.01. The van der Waals surface area contributed by atoms with Crippen LogP contribution >= 0.6 is 0 Å². The predicted octanol–water partition coefficient (Wildman–Crippen LogP) is 5.29. The minimum Gasteiger partial charge on any atom is -0.497 e. The minimum atomic E-state index is -0.802. The molecule has 3 aromatic rings. The van der Waals surface area contributed by atoms with Gasteiger partial charge in [0.1, 0.15) is 22.8 Å². The van der Waals surface area contributed by atoms with E-state index in [-0.39, 0.29) is 12.3 Å². The lowest BCUT2D eigenvalue weighted by atomic mass is 9.98. The Hall–Kier alpha value is -3.94. The second kappa shape index (κ2) is 12.0. The fourth-order valence-corrected chi connectivity index (χ4v) is 3.88. The van der Waals surface area contributed by atoms with E-state index >= 15 is 0 Å². The first kappa shape index (κ1) is 25.7. The molecule has 1 aromatic heterocycles. The van der Waals surface area contributed by atoms with Gasteiger partial charge in [-0.25, -0.2) is 0 Å². The van der Waals surface area contributed by atoms with E-state index in [9.17, 15) is 9.59 Å². The molecular weight excluding hydrogens is 450 g/mol. The van der Waals surface area contributed by atoms with Gasteiger partial charge in [-0.3, -0.25) is 9.59 Å². The normalized spacial score (nSPS) is 11.4. The van der Waals surface area contributed by atoms with Crippen molar-refractivity contribution in [3.63, 3.8) is 0 Å². The maximum Gasteiger partial charge on any atom is 0.303 e. The number of ether oxygens (including phenoxy) is 3. The van der Waals surface area contributed by atoms with Crippen LogP contribution in [0, 0.1) is 0 Å². The van der Waals surface area contributed by atoms with Crippen LogP contribution in [0.3, 0.4) is 0 Å². The molecule has 0 aliphatic heterocycles. The average molecular weight is 482 g/mol. The maximum absolute atomic E-state index is 12.5. The van der Waals surface area contributed by atoms with Crippen LogP contribution in [0.4, 0.5) is 0 Å². The fourth-order valence-electron chi connectivity index (χ4n) is 3.88. The number of carboxylic acid groups (broad SMARTS) is 1. The number of methoxy groups -OCH3 is 3. The summed E-state index contributed by atoms with van der Waals surface area (Å²) in [4.78, 5) is 23.0. The van der Waals surface area contributed by atoms with Crippen LogP contribution in [0.1, 0.15) is 38.2 Å². The van der Waals surface area contributed by atoms with Gasteiger partial charge >= 0.3 is 5.97 Å². The van der Waals surface area contributed by atoms with Gasteiger partial charge in [-0.1, -0.05) is 6.42 Å². The number of benzene rings is 2. The first-order valence-corrected chi connectivity index (χ1v) is 11.4. The summed E-state index contributed by atoms with van der Waals surface area (Å²) in [5.41, 5.74) is 3.80. The molecule has 1 heterocycles. The molecule has 0 saturated carbocycles. The molecular formula is C27H31NO7. The van der Waals surface area contributed by atoms with Gasteiger partial charge in [-0.15, -0.1) is 0 Å². The highest BCUT2D eigenvalue weighted by Gasteiger charge is 2.18. The lowest BCUT2D eigenvalue weighted by Crippen LogP contribution is -2.22. The summed E-state index contributed by atoms with van der Waals surface area (Å²) in [5.74, 6) is 0.945. The third kappa shape index (κ3) is 6.35. The molecule has 186 valence electrons. The van der Waals surface area contributed by atoms with Gasteiger partial charge in [0.05, 0.1) is 27.6 Å². The van der Waals surface area contributed by atoms with Crippen LogP contribution in [0.15, 0.2) is 47.1 Å². The van der Waals surface area contributed by atoms with Crippen molar-refractivity contribution in [2.45, 2.75) is 32.6 Å². The average Bonchev–Trinajstić information content (AvgIpc) is 3.27. The van der Waals surface area contributed by atoms with E-state index < -0.39 is 5.97 Å². The molecule has 3 rings (SSSR count).